The van der Waals surface area contributed by atoms with Gasteiger partial charge in [0, 0.05) is 5.56 Å². The van der Waals surface area contributed by atoms with E-state index in [9.17, 15) is 10.2 Å². The second kappa shape index (κ2) is 5.57. The first kappa shape index (κ1) is 13.6. The van der Waals surface area contributed by atoms with Crippen molar-refractivity contribution in [2.75, 3.05) is 0 Å². The van der Waals surface area contributed by atoms with Crippen LogP contribution in [0, 0.1) is 11.3 Å². The Hall–Kier alpha value is -2.35. The van der Waals surface area contributed by atoms with Crippen LogP contribution in [-0.4, -0.2) is 10.2 Å². The molecule has 0 spiro atoms. The SMILES string of the molecule is N#Cc1ccc(Oc2cccc3c2CC[C@H]3O)cc1CO. The van der Waals surface area contributed by atoms with Gasteiger partial charge in [-0.15, -0.1) is 0 Å². The summed E-state index contributed by atoms with van der Waals surface area (Å²) in [6.07, 6.45) is 1.08. The lowest BCUT2D eigenvalue weighted by molar-refractivity contribution is 0.180. The Labute approximate surface area is 122 Å². The third-order valence-corrected chi connectivity index (χ3v) is 3.79. The summed E-state index contributed by atoms with van der Waals surface area (Å²) in [7, 11) is 0. The first-order chi connectivity index (χ1) is 10.2. The van der Waals surface area contributed by atoms with Gasteiger partial charge in [-0.25, -0.2) is 0 Å². The molecule has 0 saturated heterocycles. The lowest BCUT2D eigenvalue weighted by Gasteiger charge is -2.12. The molecule has 21 heavy (non-hydrogen) atoms. The minimum absolute atomic E-state index is 0.203. The van der Waals surface area contributed by atoms with Crippen LogP contribution in [0.3, 0.4) is 0 Å². The summed E-state index contributed by atoms with van der Waals surface area (Å²) in [5.74, 6) is 1.30. The van der Waals surface area contributed by atoms with Gasteiger partial charge in [0.15, 0.2) is 0 Å². The van der Waals surface area contributed by atoms with Gasteiger partial charge in [-0.1, -0.05) is 12.1 Å². The van der Waals surface area contributed by atoms with Crippen molar-refractivity contribution in [1.29, 1.82) is 5.26 Å². The molecule has 0 unspecified atom stereocenters. The number of ether oxygens (including phenoxy) is 1. The third-order valence-electron chi connectivity index (χ3n) is 3.79. The summed E-state index contributed by atoms with van der Waals surface area (Å²) in [5.41, 5.74) is 2.93. The fourth-order valence-electron chi connectivity index (χ4n) is 2.69. The molecule has 2 N–H and O–H groups in total. The predicted octanol–water partition coefficient (Wildman–Crippen LogP) is 2.82. The first-order valence-electron chi connectivity index (χ1n) is 6.84. The molecule has 0 heterocycles. The smallest absolute Gasteiger partial charge is 0.130 e. The molecular formula is C17H15NO3. The van der Waals surface area contributed by atoms with Crippen molar-refractivity contribution in [3.63, 3.8) is 0 Å². The van der Waals surface area contributed by atoms with Crippen molar-refractivity contribution in [2.24, 2.45) is 0 Å². The molecule has 106 valence electrons. The number of hydrogen-bond donors (Lipinski definition) is 2. The van der Waals surface area contributed by atoms with Crippen LogP contribution in [0.5, 0.6) is 11.5 Å². The molecule has 0 bridgehead atoms. The number of benzene rings is 2. The molecule has 0 amide bonds. The molecule has 0 aromatic heterocycles. The normalized spacial score (nSPS) is 16.3. The number of nitriles is 1. The van der Waals surface area contributed by atoms with Crippen LogP contribution in [0.4, 0.5) is 0 Å². The van der Waals surface area contributed by atoms with E-state index in [2.05, 4.69) is 0 Å². The molecule has 1 atom stereocenters. The number of nitrogens with zero attached hydrogens (tertiary/aromatic N) is 1. The molecule has 3 rings (SSSR count). The monoisotopic (exact) mass is 281 g/mol. The van der Waals surface area contributed by atoms with Gasteiger partial charge in [0.1, 0.15) is 11.5 Å². The van der Waals surface area contributed by atoms with Crippen LogP contribution >= 0.6 is 0 Å². The molecule has 1 aliphatic rings. The van der Waals surface area contributed by atoms with Crippen LogP contribution < -0.4 is 4.74 Å². The van der Waals surface area contributed by atoms with Gasteiger partial charge in [-0.2, -0.15) is 5.26 Å². The topological polar surface area (TPSA) is 73.5 Å². The van der Waals surface area contributed by atoms with Crippen molar-refractivity contribution in [3.8, 4) is 17.6 Å². The molecule has 4 nitrogen and oxygen atoms in total. The second-order valence-corrected chi connectivity index (χ2v) is 5.07. The molecule has 4 heteroatoms. The zero-order chi connectivity index (χ0) is 14.8. The van der Waals surface area contributed by atoms with E-state index in [0.717, 1.165) is 23.3 Å². The van der Waals surface area contributed by atoms with Crippen molar-refractivity contribution in [1.82, 2.24) is 0 Å². The van der Waals surface area contributed by atoms with E-state index in [1.165, 1.54) is 0 Å². The number of fused-ring (bicyclic) bond motifs is 1. The fourth-order valence-corrected chi connectivity index (χ4v) is 2.69. The lowest BCUT2D eigenvalue weighted by Crippen LogP contribution is -1.95. The molecule has 0 fully saturated rings. The maximum absolute atomic E-state index is 9.90. The highest BCUT2D eigenvalue weighted by atomic mass is 16.5. The van der Waals surface area contributed by atoms with Gasteiger partial charge in [0.2, 0.25) is 0 Å². The minimum Gasteiger partial charge on any atom is -0.457 e. The molecule has 0 radical (unpaired) electrons. The van der Waals surface area contributed by atoms with Gasteiger partial charge < -0.3 is 14.9 Å². The summed E-state index contributed by atoms with van der Waals surface area (Å²) in [4.78, 5) is 0. The van der Waals surface area contributed by atoms with E-state index in [4.69, 9.17) is 10.00 Å². The Kier molecular flexibility index (Phi) is 3.61. The van der Waals surface area contributed by atoms with Gasteiger partial charge in [-0.05, 0) is 48.2 Å². The molecule has 0 aliphatic heterocycles. The molecule has 1 aliphatic carbocycles. The van der Waals surface area contributed by atoms with Crippen molar-refractivity contribution in [2.45, 2.75) is 25.6 Å². The number of hydrogen-bond acceptors (Lipinski definition) is 4. The summed E-state index contributed by atoms with van der Waals surface area (Å²) in [6.45, 7) is -0.203. The summed E-state index contributed by atoms with van der Waals surface area (Å²) in [6, 6.07) is 12.7. The summed E-state index contributed by atoms with van der Waals surface area (Å²) in [5, 5.41) is 28.1. The molecule has 2 aromatic carbocycles. The standard InChI is InChI=1S/C17H15NO3/c18-9-11-4-5-13(8-12(11)10-19)21-17-3-1-2-14-15(17)6-7-16(14)20/h1-5,8,16,19-20H,6-7,10H2/t16-/m1/s1. The molecular weight excluding hydrogens is 266 g/mol. The van der Waals surface area contributed by atoms with Crippen LogP contribution in [0.1, 0.15) is 34.8 Å². The van der Waals surface area contributed by atoms with E-state index in [1.807, 2.05) is 24.3 Å². The third kappa shape index (κ3) is 2.49. The summed E-state index contributed by atoms with van der Waals surface area (Å²) >= 11 is 0. The van der Waals surface area contributed by atoms with E-state index >= 15 is 0 Å². The zero-order valence-electron chi connectivity index (χ0n) is 11.4. The zero-order valence-corrected chi connectivity index (χ0v) is 11.4. The summed E-state index contributed by atoms with van der Waals surface area (Å²) < 4.78 is 5.88. The maximum atomic E-state index is 9.90. The van der Waals surface area contributed by atoms with Crippen LogP contribution in [0.15, 0.2) is 36.4 Å². The van der Waals surface area contributed by atoms with Crippen LogP contribution in [0.25, 0.3) is 0 Å². The van der Waals surface area contributed by atoms with Crippen LogP contribution in [-0.2, 0) is 13.0 Å². The Balaban J connectivity index is 1.93. The Morgan fingerprint density at radius 2 is 2.14 bits per heavy atom. The number of aliphatic hydroxyl groups is 2. The quantitative estimate of drug-likeness (QED) is 0.907. The Morgan fingerprint density at radius 3 is 2.90 bits per heavy atom. The van der Waals surface area contributed by atoms with Crippen molar-refractivity contribution < 1.29 is 14.9 Å². The van der Waals surface area contributed by atoms with E-state index in [0.29, 0.717) is 23.3 Å². The number of rotatable bonds is 3. The Morgan fingerprint density at radius 1 is 1.29 bits per heavy atom. The fraction of sp³-hybridized carbons (Fsp3) is 0.235. The molecule has 0 saturated carbocycles. The highest BCUT2D eigenvalue weighted by Gasteiger charge is 2.23. The van der Waals surface area contributed by atoms with E-state index in [-0.39, 0.29) is 6.61 Å². The Bertz CT molecular complexity index is 718. The highest BCUT2D eigenvalue weighted by molar-refractivity contribution is 5.48. The number of aliphatic hydroxyl groups excluding tert-OH is 2. The van der Waals surface area contributed by atoms with Gasteiger partial charge >= 0.3 is 0 Å². The first-order valence-corrected chi connectivity index (χ1v) is 6.84. The lowest BCUT2D eigenvalue weighted by atomic mass is 10.1. The highest BCUT2D eigenvalue weighted by Crippen LogP contribution is 2.38. The molecule has 2 aromatic rings. The van der Waals surface area contributed by atoms with Gasteiger partial charge in [0.25, 0.3) is 0 Å². The second-order valence-electron chi connectivity index (χ2n) is 5.07. The largest absolute Gasteiger partial charge is 0.457 e. The van der Waals surface area contributed by atoms with Crippen LogP contribution in [0.2, 0.25) is 0 Å². The predicted molar refractivity (Wildman–Crippen MR) is 76.9 cm³/mol. The van der Waals surface area contributed by atoms with Crippen molar-refractivity contribution >= 4 is 0 Å². The minimum atomic E-state index is -0.419. The maximum Gasteiger partial charge on any atom is 0.130 e. The van der Waals surface area contributed by atoms with Crippen molar-refractivity contribution in [3.05, 3.63) is 58.7 Å². The average Bonchev–Trinajstić information content (AvgIpc) is 2.90. The van der Waals surface area contributed by atoms with Gasteiger partial charge in [0.05, 0.1) is 24.3 Å². The van der Waals surface area contributed by atoms with E-state index < -0.39 is 6.10 Å². The van der Waals surface area contributed by atoms with Gasteiger partial charge in [-0.3, -0.25) is 0 Å². The average molecular weight is 281 g/mol. The van der Waals surface area contributed by atoms with E-state index in [1.54, 1.807) is 18.2 Å².